The van der Waals surface area contributed by atoms with Gasteiger partial charge in [0, 0.05) is 56.2 Å². The van der Waals surface area contributed by atoms with Crippen LogP contribution in [0.5, 0.6) is 0 Å². The molecule has 0 bridgehead atoms. The lowest BCUT2D eigenvalue weighted by molar-refractivity contribution is -0.130. The molecule has 1 saturated heterocycles. The molecule has 8 heteroatoms. The van der Waals surface area contributed by atoms with Crippen LogP contribution in [-0.2, 0) is 4.79 Å². The summed E-state index contributed by atoms with van der Waals surface area (Å²) < 4.78 is 0. The van der Waals surface area contributed by atoms with Gasteiger partial charge in [-0.05, 0) is 31.5 Å². The topological polar surface area (TPSA) is 60.0 Å². The maximum absolute atomic E-state index is 11.4. The van der Waals surface area contributed by atoms with Crippen molar-refractivity contribution in [2.45, 2.75) is 26.8 Å². The molecule has 1 aliphatic heterocycles. The van der Waals surface area contributed by atoms with E-state index in [-0.39, 0.29) is 11.9 Å². The second kappa shape index (κ2) is 10.7. The van der Waals surface area contributed by atoms with Crippen molar-refractivity contribution in [2.24, 2.45) is 4.99 Å². The highest BCUT2D eigenvalue weighted by Gasteiger charge is 2.18. The van der Waals surface area contributed by atoms with Crippen molar-refractivity contribution in [3.05, 3.63) is 33.8 Å². The van der Waals surface area contributed by atoms with Gasteiger partial charge in [-0.2, -0.15) is 0 Å². The summed E-state index contributed by atoms with van der Waals surface area (Å²) in [7, 11) is 0. The molecule has 0 aliphatic carbocycles. The maximum Gasteiger partial charge on any atom is 0.219 e. The van der Waals surface area contributed by atoms with Crippen LogP contribution in [0, 0.1) is 0 Å². The summed E-state index contributed by atoms with van der Waals surface area (Å²) in [4.78, 5) is 20.3. The Bertz CT molecular complexity index is 660. The van der Waals surface area contributed by atoms with Crippen LogP contribution in [0.2, 0.25) is 10.0 Å². The van der Waals surface area contributed by atoms with Crippen molar-refractivity contribution in [2.75, 3.05) is 45.8 Å². The average Bonchev–Trinajstić information content (AvgIpc) is 2.62. The molecule has 0 saturated carbocycles. The zero-order valence-corrected chi connectivity index (χ0v) is 17.8. The average molecular weight is 414 g/mol. The fraction of sp³-hybridized carbons (Fsp3) is 0.579. The molecule has 6 nitrogen and oxygen atoms in total. The molecular formula is C19H29Cl2N5O. The van der Waals surface area contributed by atoms with Gasteiger partial charge in [-0.3, -0.25) is 14.7 Å². The fourth-order valence-corrected chi connectivity index (χ4v) is 3.62. The van der Waals surface area contributed by atoms with Crippen molar-refractivity contribution >= 4 is 35.1 Å². The van der Waals surface area contributed by atoms with Gasteiger partial charge in [0.15, 0.2) is 5.96 Å². The largest absolute Gasteiger partial charge is 0.357 e. The van der Waals surface area contributed by atoms with Gasteiger partial charge in [0.25, 0.3) is 0 Å². The molecule has 0 spiro atoms. The number of guanidine groups is 1. The number of amides is 1. The summed E-state index contributed by atoms with van der Waals surface area (Å²) in [5.74, 6) is 0.916. The van der Waals surface area contributed by atoms with Crippen LogP contribution >= 0.6 is 23.2 Å². The molecule has 1 amide bonds. The Hall–Kier alpha value is -1.50. The van der Waals surface area contributed by atoms with Gasteiger partial charge in [-0.15, -0.1) is 0 Å². The lowest BCUT2D eigenvalue weighted by Gasteiger charge is -2.33. The summed E-state index contributed by atoms with van der Waals surface area (Å²) in [6.07, 6.45) is 0. The molecule has 1 atom stereocenters. The lowest BCUT2D eigenvalue weighted by Crippen LogP contribution is -2.48. The number of hydrogen-bond donors (Lipinski definition) is 2. The highest BCUT2D eigenvalue weighted by Crippen LogP contribution is 2.25. The lowest BCUT2D eigenvalue weighted by atomic mass is 10.1. The number of rotatable bonds is 6. The summed E-state index contributed by atoms with van der Waals surface area (Å²) in [6, 6.07) is 5.53. The van der Waals surface area contributed by atoms with Gasteiger partial charge < -0.3 is 15.5 Å². The number of benzene rings is 1. The standard InChI is InChI=1S/C19H29Cl2N5O/c1-4-22-19(24-14(2)17-6-5-16(20)13-18(17)21)23-7-8-25-9-11-26(12-10-25)15(3)27/h5-6,13-14H,4,7-12H2,1-3H3,(H2,22,23,24). The molecule has 150 valence electrons. The van der Waals surface area contributed by atoms with Crippen LogP contribution in [-0.4, -0.2) is 67.5 Å². The predicted octanol–water partition coefficient (Wildman–Crippen LogP) is 2.77. The Morgan fingerprint density at radius 1 is 1.26 bits per heavy atom. The normalized spacial score (nSPS) is 16.9. The van der Waals surface area contributed by atoms with Crippen LogP contribution in [0.3, 0.4) is 0 Å². The summed E-state index contributed by atoms with van der Waals surface area (Å²) in [6.45, 7) is 11.4. The van der Waals surface area contributed by atoms with E-state index in [1.807, 2.05) is 30.9 Å². The van der Waals surface area contributed by atoms with Crippen LogP contribution in [0.25, 0.3) is 0 Å². The summed E-state index contributed by atoms with van der Waals surface area (Å²) in [5.41, 5.74) is 0.979. The van der Waals surface area contributed by atoms with E-state index in [4.69, 9.17) is 23.2 Å². The van der Waals surface area contributed by atoms with Crippen LogP contribution in [0.1, 0.15) is 32.4 Å². The minimum atomic E-state index is 0.00618. The van der Waals surface area contributed by atoms with Crippen molar-refractivity contribution in [1.29, 1.82) is 0 Å². The third kappa shape index (κ3) is 6.87. The second-order valence-electron chi connectivity index (χ2n) is 6.64. The number of piperazine rings is 1. The molecule has 1 aliphatic rings. The fourth-order valence-electron chi connectivity index (χ4n) is 3.05. The van der Waals surface area contributed by atoms with Gasteiger partial charge in [-0.25, -0.2) is 0 Å². The molecule has 1 aromatic rings. The third-order valence-electron chi connectivity index (χ3n) is 4.63. The van der Waals surface area contributed by atoms with Crippen molar-refractivity contribution in [1.82, 2.24) is 20.4 Å². The summed E-state index contributed by atoms with van der Waals surface area (Å²) >= 11 is 12.3. The monoisotopic (exact) mass is 413 g/mol. The number of hydrogen-bond acceptors (Lipinski definition) is 3. The Morgan fingerprint density at radius 3 is 2.56 bits per heavy atom. The SMILES string of the molecule is CCNC(=NCCN1CCN(C(C)=O)CC1)NC(C)c1ccc(Cl)cc1Cl. The Morgan fingerprint density at radius 2 is 1.96 bits per heavy atom. The third-order valence-corrected chi connectivity index (χ3v) is 5.19. The molecule has 1 fully saturated rings. The Kier molecular flexibility index (Phi) is 8.67. The van der Waals surface area contributed by atoms with E-state index in [2.05, 4.69) is 20.5 Å². The first kappa shape index (κ1) is 21.8. The first-order valence-corrected chi connectivity index (χ1v) is 10.1. The number of nitrogens with one attached hydrogen (secondary N) is 2. The van der Waals surface area contributed by atoms with E-state index in [0.717, 1.165) is 50.8 Å². The van der Waals surface area contributed by atoms with Gasteiger partial charge in [0.05, 0.1) is 12.6 Å². The quantitative estimate of drug-likeness (QED) is 0.555. The van der Waals surface area contributed by atoms with Gasteiger partial charge >= 0.3 is 0 Å². The molecule has 0 radical (unpaired) electrons. The minimum absolute atomic E-state index is 0.00618. The van der Waals surface area contributed by atoms with E-state index in [9.17, 15) is 4.79 Å². The molecule has 1 unspecified atom stereocenters. The van der Waals surface area contributed by atoms with Crippen molar-refractivity contribution in [3.8, 4) is 0 Å². The van der Waals surface area contributed by atoms with E-state index in [0.29, 0.717) is 16.6 Å². The molecule has 27 heavy (non-hydrogen) atoms. The number of carbonyl (C=O) groups is 1. The summed E-state index contributed by atoms with van der Waals surface area (Å²) in [5, 5.41) is 7.93. The molecular weight excluding hydrogens is 385 g/mol. The molecule has 1 aromatic carbocycles. The zero-order valence-electron chi connectivity index (χ0n) is 16.3. The van der Waals surface area contributed by atoms with Crippen LogP contribution < -0.4 is 10.6 Å². The maximum atomic E-state index is 11.4. The first-order chi connectivity index (χ1) is 12.9. The smallest absolute Gasteiger partial charge is 0.219 e. The van der Waals surface area contributed by atoms with E-state index < -0.39 is 0 Å². The number of aliphatic imine (C=N–C) groups is 1. The van der Waals surface area contributed by atoms with Crippen LogP contribution in [0.4, 0.5) is 0 Å². The van der Waals surface area contributed by atoms with Crippen molar-refractivity contribution < 1.29 is 4.79 Å². The number of halogens is 2. The Labute approximate surface area is 171 Å². The first-order valence-electron chi connectivity index (χ1n) is 9.38. The second-order valence-corrected chi connectivity index (χ2v) is 7.48. The highest BCUT2D eigenvalue weighted by atomic mass is 35.5. The van der Waals surface area contributed by atoms with E-state index in [1.165, 1.54) is 0 Å². The van der Waals surface area contributed by atoms with E-state index >= 15 is 0 Å². The predicted molar refractivity (Wildman–Crippen MR) is 113 cm³/mol. The highest BCUT2D eigenvalue weighted by molar-refractivity contribution is 6.35. The van der Waals surface area contributed by atoms with Gasteiger partial charge in [-0.1, -0.05) is 29.3 Å². The Balaban J connectivity index is 1.87. The molecule has 0 aromatic heterocycles. The number of nitrogens with zero attached hydrogens (tertiary/aromatic N) is 3. The molecule has 1 heterocycles. The zero-order chi connectivity index (χ0) is 19.8. The minimum Gasteiger partial charge on any atom is -0.357 e. The van der Waals surface area contributed by atoms with E-state index in [1.54, 1.807) is 13.0 Å². The molecule has 2 rings (SSSR count). The van der Waals surface area contributed by atoms with Crippen molar-refractivity contribution in [3.63, 3.8) is 0 Å². The molecule has 2 N–H and O–H groups in total. The number of carbonyl (C=O) groups excluding carboxylic acids is 1. The van der Waals surface area contributed by atoms with Gasteiger partial charge in [0.1, 0.15) is 0 Å². The van der Waals surface area contributed by atoms with Gasteiger partial charge in [0.2, 0.25) is 5.91 Å². The van der Waals surface area contributed by atoms with Crippen LogP contribution in [0.15, 0.2) is 23.2 Å².